The Bertz CT molecular complexity index is 1170. The summed E-state index contributed by atoms with van der Waals surface area (Å²) in [6.45, 7) is 7.81. The molecule has 0 spiro atoms. The van der Waals surface area contributed by atoms with Gasteiger partial charge in [-0.3, -0.25) is 14.5 Å². The molecule has 1 aromatic heterocycles. The van der Waals surface area contributed by atoms with Gasteiger partial charge < -0.3 is 14.6 Å². The highest BCUT2D eigenvalue weighted by atomic mass is 16.7. The molecule has 2 aliphatic heterocycles. The summed E-state index contributed by atoms with van der Waals surface area (Å²) in [4.78, 5) is 23.8. The number of fused-ring (bicyclic) bond motifs is 2. The highest BCUT2D eigenvalue weighted by Crippen LogP contribution is 2.34. The first-order valence-electron chi connectivity index (χ1n) is 11.7. The summed E-state index contributed by atoms with van der Waals surface area (Å²) < 4.78 is 2.08. The smallest absolute Gasteiger partial charge is 0.294 e. The molecule has 0 radical (unpaired) electrons. The third-order valence-corrected chi connectivity index (χ3v) is 6.38. The normalized spacial score (nSPS) is 19.0. The molecule has 3 aromatic rings. The standard InChI is InChI=1S/C26H32N4O3/c1-18(2)11-29-17-27(3)14-23-24(29)15-28(25(23)26(32)30-13-21(31)16-33-30)12-20-9-6-8-19-7-4-5-10-22(19)20/h4-10,15,18,21,31H,11-14,16-17H2,1-3H3/t21-/m0/s1. The number of benzene rings is 2. The fraction of sp³-hybridized carbons (Fsp3) is 0.423. The molecule has 2 aliphatic rings. The number of hydrogen-bond donors (Lipinski definition) is 1. The van der Waals surface area contributed by atoms with Gasteiger partial charge >= 0.3 is 0 Å². The third-order valence-electron chi connectivity index (χ3n) is 6.38. The van der Waals surface area contributed by atoms with Crippen molar-refractivity contribution in [1.29, 1.82) is 0 Å². The molecule has 1 fully saturated rings. The molecule has 1 saturated heterocycles. The third kappa shape index (κ3) is 4.24. The zero-order valence-corrected chi connectivity index (χ0v) is 19.6. The van der Waals surface area contributed by atoms with Crippen LogP contribution in [0.5, 0.6) is 0 Å². The van der Waals surface area contributed by atoms with Gasteiger partial charge in [0, 0.05) is 31.4 Å². The number of rotatable bonds is 5. The van der Waals surface area contributed by atoms with Crippen LogP contribution in [-0.4, -0.2) is 65.1 Å². The van der Waals surface area contributed by atoms with Gasteiger partial charge in [0.15, 0.2) is 0 Å². The van der Waals surface area contributed by atoms with Crippen LogP contribution in [0.2, 0.25) is 0 Å². The van der Waals surface area contributed by atoms with Crippen molar-refractivity contribution in [3.05, 3.63) is 65.5 Å². The van der Waals surface area contributed by atoms with Crippen molar-refractivity contribution in [2.45, 2.75) is 33.0 Å². The molecule has 174 valence electrons. The summed E-state index contributed by atoms with van der Waals surface area (Å²) >= 11 is 0. The number of amides is 1. The van der Waals surface area contributed by atoms with Gasteiger partial charge in [-0.2, -0.15) is 0 Å². The van der Waals surface area contributed by atoms with Gasteiger partial charge in [0.2, 0.25) is 0 Å². The van der Waals surface area contributed by atoms with E-state index in [4.69, 9.17) is 4.84 Å². The van der Waals surface area contributed by atoms with Crippen molar-refractivity contribution in [3.63, 3.8) is 0 Å². The van der Waals surface area contributed by atoms with Gasteiger partial charge in [-0.25, -0.2) is 5.06 Å². The monoisotopic (exact) mass is 448 g/mol. The molecule has 7 heteroatoms. The molecule has 1 atom stereocenters. The number of anilines is 1. The van der Waals surface area contributed by atoms with Crippen LogP contribution in [0, 0.1) is 5.92 Å². The first-order valence-corrected chi connectivity index (χ1v) is 11.7. The van der Waals surface area contributed by atoms with Gasteiger partial charge in [-0.1, -0.05) is 56.3 Å². The summed E-state index contributed by atoms with van der Waals surface area (Å²) in [5.41, 5.74) is 3.96. The lowest BCUT2D eigenvalue weighted by Gasteiger charge is -2.36. The van der Waals surface area contributed by atoms with Crippen molar-refractivity contribution in [1.82, 2.24) is 14.5 Å². The maximum atomic E-state index is 13.7. The second-order valence-corrected chi connectivity index (χ2v) is 9.70. The van der Waals surface area contributed by atoms with Crippen LogP contribution in [0.25, 0.3) is 10.8 Å². The van der Waals surface area contributed by atoms with Gasteiger partial charge in [0.25, 0.3) is 5.91 Å². The Morgan fingerprint density at radius 2 is 1.97 bits per heavy atom. The van der Waals surface area contributed by atoms with Crippen molar-refractivity contribution in [3.8, 4) is 0 Å². The highest BCUT2D eigenvalue weighted by molar-refractivity contribution is 5.96. The van der Waals surface area contributed by atoms with Gasteiger partial charge in [-0.05, 0) is 29.3 Å². The second-order valence-electron chi connectivity index (χ2n) is 9.70. The first-order chi connectivity index (χ1) is 15.9. The number of carbonyl (C=O) groups is 1. The zero-order chi connectivity index (χ0) is 23.1. The summed E-state index contributed by atoms with van der Waals surface area (Å²) in [5, 5.41) is 13.6. The van der Waals surface area contributed by atoms with Gasteiger partial charge in [-0.15, -0.1) is 0 Å². The molecule has 5 rings (SSSR count). The Morgan fingerprint density at radius 3 is 2.73 bits per heavy atom. The Hall–Kier alpha value is -2.87. The summed E-state index contributed by atoms with van der Waals surface area (Å²) in [5.74, 6) is 0.315. The summed E-state index contributed by atoms with van der Waals surface area (Å²) in [6, 6.07) is 14.7. The largest absolute Gasteiger partial charge is 0.389 e. The van der Waals surface area contributed by atoms with E-state index in [1.54, 1.807) is 0 Å². The molecule has 0 aliphatic carbocycles. The fourth-order valence-electron chi connectivity index (χ4n) is 5.02. The lowest BCUT2D eigenvalue weighted by atomic mass is 10.0. The zero-order valence-electron chi connectivity index (χ0n) is 19.6. The van der Waals surface area contributed by atoms with Crippen LogP contribution in [0.15, 0.2) is 48.7 Å². The van der Waals surface area contributed by atoms with Gasteiger partial charge in [0.05, 0.1) is 18.9 Å². The Labute approximate surface area is 194 Å². The Kier molecular flexibility index (Phi) is 5.86. The molecular formula is C26H32N4O3. The minimum Gasteiger partial charge on any atom is -0.389 e. The average molecular weight is 449 g/mol. The predicted octanol–water partition coefficient (Wildman–Crippen LogP) is 3.30. The molecule has 1 amide bonds. The van der Waals surface area contributed by atoms with Crippen LogP contribution in [-0.2, 0) is 17.9 Å². The molecule has 0 unspecified atom stereocenters. The highest BCUT2D eigenvalue weighted by Gasteiger charge is 2.35. The van der Waals surface area contributed by atoms with Crippen molar-refractivity contribution >= 4 is 22.4 Å². The molecule has 1 N–H and O–H groups in total. The maximum absolute atomic E-state index is 13.7. The molecule has 33 heavy (non-hydrogen) atoms. The number of aromatic nitrogens is 1. The SMILES string of the molecule is CC(C)CN1CN(C)Cc2c1cn(Cc1cccc3ccccc13)c2C(=O)N1C[C@H](O)CO1. The van der Waals surface area contributed by atoms with Crippen LogP contribution in [0.1, 0.15) is 35.5 Å². The van der Waals surface area contributed by atoms with E-state index in [2.05, 4.69) is 77.9 Å². The topological polar surface area (TPSA) is 61.2 Å². The quantitative estimate of drug-likeness (QED) is 0.649. The lowest BCUT2D eigenvalue weighted by Crippen LogP contribution is -2.42. The van der Waals surface area contributed by atoms with E-state index in [0.29, 0.717) is 24.7 Å². The van der Waals surface area contributed by atoms with Crippen LogP contribution >= 0.6 is 0 Å². The molecular weight excluding hydrogens is 416 g/mol. The van der Waals surface area contributed by atoms with E-state index in [0.717, 1.165) is 24.5 Å². The van der Waals surface area contributed by atoms with Crippen LogP contribution < -0.4 is 4.90 Å². The maximum Gasteiger partial charge on any atom is 0.294 e. The molecule has 3 heterocycles. The number of hydrogen-bond acceptors (Lipinski definition) is 5. The molecule has 0 bridgehead atoms. The van der Waals surface area contributed by atoms with Crippen LogP contribution in [0.3, 0.4) is 0 Å². The van der Waals surface area contributed by atoms with E-state index in [1.165, 1.54) is 21.4 Å². The van der Waals surface area contributed by atoms with E-state index in [1.807, 2.05) is 6.07 Å². The number of carbonyl (C=O) groups excluding carboxylic acids is 1. The Morgan fingerprint density at radius 1 is 1.18 bits per heavy atom. The Balaban J connectivity index is 1.61. The minimum atomic E-state index is -0.647. The minimum absolute atomic E-state index is 0.150. The summed E-state index contributed by atoms with van der Waals surface area (Å²) in [7, 11) is 2.09. The van der Waals surface area contributed by atoms with E-state index in [9.17, 15) is 9.90 Å². The van der Waals surface area contributed by atoms with Gasteiger partial charge in [0.1, 0.15) is 18.4 Å². The number of nitrogens with zero attached hydrogens (tertiary/aromatic N) is 4. The average Bonchev–Trinajstić information content (AvgIpc) is 3.37. The van der Waals surface area contributed by atoms with E-state index >= 15 is 0 Å². The lowest BCUT2D eigenvalue weighted by molar-refractivity contribution is -0.0786. The molecule has 2 aromatic carbocycles. The second kappa shape index (κ2) is 8.82. The van der Waals surface area contributed by atoms with Crippen molar-refractivity contribution in [2.75, 3.05) is 38.3 Å². The molecule has 7 nitrogen and oxygen atoms in total. The van der Waals surface area contributed by atoms with E-state index in [-0.39, 0.29) is 19.1 Å². The van der Waals surface area contributed by atoms with Crippen molar-refractivity contribution in [2.24, 2.45) is 5.92 Å². The number of aliphatic hydroxyl groups is 1. The summed E-state index contributed by atoms with van der Waals surface area (Å²) in [6.07, 6.45) is 1.48. The number of aliphatic hydroxyl groups excluding tert-OH is 1. The van der Waals surface area contributed by atoms with E-state index < -0.39 is 6.10 Å². The fourth-order valence-corrected chi connectivity index (χ4v) is 5.02. The first kappa shape index (κ1) is 21.9. The number of β-amino-alcohol motifs (C(OH)–C–C–N with tert-alkyl or cyclic N) is 1. The predicted molar refractivity (Wildman–Crippen MR) is 129 cm³/mol. The number of hydroxylamine groups is 2. The van der Waals surface area contributed by atoms with Crippen LogP contribution in [0.4, 0.5) is 5.69 Å². The molecule has 0 saturated carbocycles. The van der Waals surface area contributed by atoms with Crippen molar-refractivity contribution < 1.29 is 14.7 Å².